The molecule has 4 aromatic rings. The van der Waals surface area contributed by atoms with Crippen LogP contribution in [0.15, 0.2) is 85.1 Å². The van der Waals surface area contributed by atoms with Gasteiger partial charge in [-0.1, -0.05) is 42.5 Å². The van der Waals surface area contributed by atoms with E-state index in [9.17, 15) is 5.26 Å². The Morgan fingerprint density at radius 2 is 1.67 bits per heavy atom. The number of likely N-dealkylation sites (N-methyl/N-ethyl adjacent to an activating group) is 1. The molecular formula is C30H29N5O. The summed E-state index contributed by atoms with van der Waals surface area (Å²) in [6, 6.07) is 28.3. The van der Waals surface area contributed by atoms with Gasteiger partial charge in [-0.2, -0.15) is 5.26 Å². The van der Waals surface area contributed by atoms with Crippen molar-refractivity contribution >= 4 is 5.69 Å². The predicted molar refractivity (Wildman–Crippen MR) is 142 cm³/mol. The Labute approximate surface area is 212 Å². The zero-order chi connectivity index (χ0) is 24.7. The van der Waals surface area contributed by atoms with Crippen LogP contribution in [0.25, 0.3) is 11.3 Å². The average molecular weight is 476 g/mol. The Bertz CT molecular complexity index is 1340. The van der Waals surface area contributed by atoms with Gasteiger partial charge in [-0.15, -0.1) is 0 Å². The molecule has 1 aliphatic heterocycles. The lowest BCUT2D eigenvalue weighted by Gasteiger charge is -2.34. The van der Waals surface area contributed by atoms with Crippen molar-refractivity contribution in [2.75, 3.05) is 38.1 Å². The van der Waals surface area contributed by atoms with Crippen molar-refractivity contribution in [3.8, 4) is 23.1 Å². The summed E-state index contributed by atoms with van der Waals surface area (Å²) in [5.41, 5.74) is 5.65. The highest BCUT2D eigenvalue weighted by atomic mass is 16.5. The molecule has 0 unspecified atom stereocenters. The summed E-state index contributed by atoms with van der Waals surface area (Å²) in [6.45, 7) is 4.73. The molecule has 0 bridgehead atoms. The quantitative estimate of drug-likeness (QED) is 0.377. The number of piperazine rings is 1. The highest BCUT2D eigenvalue weighted by molar-refractivity contribution is 5.64. The van der Waals surface area contributed by atoms with Gasteiger partial charge in [0.15, 0.2) is 0 Å². The second-order valence-corrected chi connectivity index (χ2v) is 9.12. The number of benzene rings is 3. The molecule has 1 fully saturated rings. The zero-order valence-electron chi connectivity index (χ0n) is 20.5. The topological polar surface area (TPSA) is 65.3 Å². The molecule has 1 saturated heterocycles. The Balaban J connectivity index is 1.30. The van der Waals surface area contributed by atoms with Crippen molar-refractivity contribution in [3.63, 3.8) is 0 Å². The number of hydrogen-bond donors (Lipinski definition) is 0. The van der Waals surface area contributed by atoms with Gasteiger partial charge in [0.2, 0.25) is 0 Å². The van der Waals surface area contributed by atoms with E-state index < -0.39 is 0 Å². The van der Waals surface area contributed by atoms with Crippen LogP contribution >= 0.6 is 0 Å². The van der Waals surface area contributed by atoms with Gasteiger partial charge in [-0.05, 0) is 54.6 Å². The molecule has 0 saturated carbocycles. The third-order valence-corrected chi connectivity index (χ3v) is 6.45. The molecule has 2 heterocycles. The molecule has 0 atom stereocenters. The van der Waals surface area contributed by atoms with Crippen LogP contribution in [-0.4, -0.2) is 48.1 Å². The largest absolute Gasteiger partial charge is 0.489 e. The van der Waals surface area contributed by atoms with E-state index in [4.69, 9.17) is 9.72 Å². The fourth-order valence-corrected chi connectivity index (χ4v) is 4.35. The summed E-state index contributed by atoms with van der Waals surface area (Å²) >= 11 is 0. The van der Waals surface area contributed by atoms with E-state index >= 15 is 0 Å². The lowest BCUT2D eigenvalue weighted by Crippen LogP contribution is -2.44. The van der Waals surface area contributed by atoms with Crippen LogP contribution in [0, 0.1) is 11.3 Å². The number of nitrogens with zero attached hydrogens (tertiary/aromatic N) is 5. The van der Waals surface area contributed by atoms with E-state index in [-0.39, 0.29) is 0 Å². The predicted octanol–water partition coefficient (Wildman–Crippen LogP) is 4.94. The molecule has 180 valence electrons. The molecule has 5 rings (SSSR count). The first-order valence-corrected chi connectivity index (χ1v) is 12.2. The number of aromatic nitrogens is 2. The van der Waals surface area contributed by atoms with Gasteiger partial charge in [0.25, 0.3) is 0 Å². The minimum Gasteiger partial charge on any atom is -0.489 e. The van der Waals surface area contributed by atoms with Crippen LogP contribution in [0.4, 0.5) is 5.69 Å². The van der Waals surface area contributed by atoms with Crippen LogP contribution in [0.2, 0.25) is 0 Å². The minimum atomic E-state index is 0.439. The second-order valence-electron chi connectivity index (χ2n) is 9.12. The first-order chi connectivity index (χ1) is 17.7. The maximum Gasteiger partial charge on any atom is 0.133 e. The molecule has 0 spiro atoms. The molecule has 0 radical (unpaired) electrons. The van der Waals surface area contributed by atoms with Crippen molar-refractivity contribution in [2.45, 2.75) is 13.0 Å². The SMILES string of the molecule is CN1CCN(c2ccc(Cc3nccc(-c4cc(C#N)cc(OCc5ccccc5)c4)n3)cc2)CC1. The van der Waals surface area contributed by atoms with Gasteiger partial charge in [0.1, 0.15) is 18.2 Å². The van der Waals surface area contributed by atoms with Gasteiger partial charge in [-0.3, -0.25) is 0 Å². The molecule has 0 amide bonds. The minimum absolute atomic E-state index is 0.439. The van der Waals surface area contributed by atoms with E-state index in [1.54, 1.807) is 12.3 Å². The van der Waals surface area contributed by atoms with Gasteiger partial charge in [-0.25, -0.2) is 9.97 Å². The molecular weight excluding hydrogens is 446 g/mol. The number of ether oxygens (including phenoxy) is 1. The van der Waals surface area contributed by atoms with Gasteiger partial charge < -0.3 is 14.5 Å². The molecule has 0 aliphatic carbocycles. The van der Waals surface area contributed by atoms with Gasteiger partial charge in [0.05, 0.1) is 17.3 Å². The Kier molecular flexibility index (Phi) is 7.20. The van der Waals surface area contributed by atoms with Crippen molar-refractivity contribution in [2.24, 2.45) is 0 Å². The molecule has 6 heteroatoms. The Hall–Kier alpha value is -4.21. The fourth-order valence-electron chi connectivity index (χ4n) is 4.35. The van der Waals surface area contributed by atoms with E-state index in [0.717, 1.165) is 48.8 Å². The summed E-state index contributed by atoms with van der Waals surface area (Å²) in [4.78, 5) is 14.1. The summed E-state index contributed by atoms with van der Waals surface area (Å²) in [5.74, 6) is 1.39. The van der Waals surface area contributed by atoms with Crippen LogP contribution in [0.1, 0.15) is 22.5 Å². The summed E-state index contributed by atoms with van der Waals surface area (Å²) in [6.07, 6.45) is 2.42. The lowest BCUT2D eigenvalue weighted by atomic mass is 10.1. The molecule has 3 aromatic carbocycles. The van der Waals surface area contributed by atoms with Crippen LogP contribution in [0.5, 0.6) is 5.75 Å². The van der Waals surface area contributed by atoms with Gasteiger partial charge >= 0.3 is 0 Å². The van der Waals surface area contributed by atoms with E-state index in [1.165, 1.54) is 11.3 Å². The summed E-state index contributed by atoms with van der Waals surface area (Å²) < 4.78 is 5.99. The monoisotopic (exact) mass is 475 g/mol. The Morgan fingerprint density at radius 1 is 0.889 bits per heavy atom. The van der Waals surface area contributed by atoms with Crippen LogP contribution < -0.4 is 9.64 Å². The first kappa shape index (κ1) is 23.5. The van der Waals surface area contributed by atoms with E-state index in [1.807, 2.05) is 48.5 Å². The number of nitriles is 1. The van der Waals surface area contributed by atoms with Crippen molar-refractivity contribution in [1.82, 2.24) is 14.9 Å². The molecule has 36 heavy (non-hydrogen) atoms. The van der Waals surface area contributed by atoms with Crippen LogP contribution in [0.3, 0.4) is 0 Å². The maximum atomic E-state index is 9.55. The standard InChI is InChI=1S/C30H29N5O/c1-34-13-15-35(16-14-34)27-9-7-23(8-10-27)19-30-32-12-11-29(33-30)26-17-25(21-31)18-28(20-26)36-22-24-5-3-2-4-6-24/h2-12,17-18,20H,13-16,19,22H2,1H3. The van der Waals surface area contributed by atoms with Gasteiger partial charge in [0, 0.05) is 50.0 Å². The highest BCUT2D eigenvalue weighted by Gasteiger charge is 2.14. The summed E-state index contributed by atoms with van der Waals surface area (Å²) in [7, 11) is 2.17. The molecule has 0 N–H and O–H groups in total. The lowest BCUT2D eigenvalue weighted by molar-refractivity contribution is 0.306. The van der Waals surface area contributed by atoms with Crippen LogP contribution in [-0.2, 0) is 13.0 Å². The summed E-state index contributed by atoms with van der Waals surface area (Å²) in [5, 5.41) is 9.55. The number of rotatable bonds is 7. The third kappa shape index (κ3) is 5.88. The smallest absolute Gasteiger partial charge is 0.133 e. The third-order valence-electron chi connectivity index (χ3n) is 6.45. The van der Waals surface area contributed by atoms with Crippen molar-refractivity contribution in [3.05, 3.63) is 108 Å². The first-order valence-electron chi connectivity index (χ1n) is 12.2. The van der Waals surface area contributed by atoms with Crippen molar-refractivity contribution in [1.29, 1.82) is 5.26 Å². The zero-order valence-corrected chi connectivity index (χ0v) is 20.5. The number of anilines is 1. The fraction of sp³-hybridized carbons (Fsp3) is 0.233. The number of hydrogen-bond acceptors (Lipinski definition) is 6. The highest BCUT2D eigenvalue weighted by Crippen LogP contribution is 2.26. The second kappa shape index (κ2) is 11.0. The van der Waals surface area contributed by atoms with Crippen molar-refractivity contribution < 1.29 is 4.74 Å². The Morgan fingerprint density at radius 3 is 2.42 bits per heavy atom. The molecule has 1 aromatic heterocycles. The maximum absolute atomic E-state index is 9.55. The van der Waals surface area contributed by atoms with E-state index in [2.05, 4.69) is 52.2 Å². The molecule has 1 aliphatic rings. The normalized spacial score (nSPS) is 13.8. The average Bonchev–Trinajstić information content (AvgIpc) is 2.93. The molecule has 6 nitrogen and oxygen atoms in total. The van der Waals surface area contributed by atoms with E-state index in [0.29, 0.717) is 24.3 Å².